The predicted octanol–water partition coefficient (Wildman–Crippen LogP) is 2.72. The van der Waals surface area contributed by atoms with E-state index in [0.717, 1.165) is 26.2 Å². The van der Waals surface area contributed by atoms with Crippen LogP contribution in [0.4, 0.5) is 5.69 Å². The number of nitrogens with zero attached hydrogens (tertiary/aromatic N) is 1. The highest BCUT2D eigenvalue weighted by Gasteiger charge is 2.21. The van der Waals surface area contributed by atoms with Gasteiger partial charge < -0.3 is 15.0 Å². The zero-order valence-corrected chi connectivity index (χ0v) is 12.6. The van der Waals surface area contributed by atoms with Crippen molar-refractivity contribution in [1.29, 1.82) is 0 Å². The Morgan fingerprint density at radius 2 is 2.21 bits per heavy atom. The number of likely N-dealkylation sites (N-methyl/N-ethyl adjacent to an activating group) is 1. The number of aryl methyl sites for hydroxylation is 1. The zero-order chi connectivity index (χ0) is 13.8. The molecule has 1 fully saturated rings. The van der Waals surface area contributed by atoms with E-state index >= 15 is 0 Å². The lowest BCUT2D eigenvalue weighted by Crippen LogP contribution is -2.32. The van der Waals surface area contributed by atoms with Crippen LogP contribution in [0.25, 0.3) is 0 Å². The number of nitrogens with one attached hydrogen (secondary N) is 1. The summed E-state index contributed by atoms with van der Waals surface area (Å²) in [7, 11) is 2.17. The zero-order valence-electron chi connectivity index (χ0n) is 12.6. The van der Waals surface area contributed by atoms with Crippen molar-refractivity contribution in [2.75, 3.05) is 25.2 Å². The highest BCUT2D eigenvalue weighted by Crippen LogP contribution is 2.24. The Morgan fingerprint density at radius 1 is 1.42 bits per heavy atom. The summed E-state index contributed by atoms with van der Waals surface area (Å²) in [6.07, 6.45) is 1.13. The molecule has 1 atom stereocenters. The SMILES string of the molecule is Cc1cc(CNC(C)C)ccc1N(C)C1CCOC1. The molecule has 1 heterocycles. The molecule has 0 aromatic heterocycles. The third kappa shape index (κ3) is 3.71. The Morgan fingerprint density at radius 3 is 2.79 bits per heavy atom. The molecule has 1 aromatic carbocycles. The molecule has 1 aromatic rings. The molecule has 0 bridgehead atoms. The Bertz CT molecular complexity index is 411. The van der Waals surface area contributed by atoms with Gasteiger partial charge in [0.05, 0.1) is 12.6 Å². The van der Waals surface area contributed by atoms with E-state index in [0.29, 0.717) is 12.1 Å². The van der Waals surface area contributed by atoms with E-state index in [-0.39, 0.29) is 0 Å². The van der Waals surface area contributed by atoms with Crippen LogP contribution in [0.15, 0.2) is 18.2 Å². The van der Waals surface area contributed by atoms with Crippen LogP contribution >= 0.6 is 0 Å². The fourth-order valence-electron chi connectivity index (χ4n) is 2.57. The van der Waals surface area contributed by atoms with E-state index in [1.165, 1.54) is 16.8 Å². The highest BCUT2D eigenvalue weighted by atomic mass is 16.5. The molecule has 0 spiro atoms. The number of ether oxygens (including phenoxy) is 1. The monoisotopic (exact) mass is 262 g/mol. The van der Waals surface area contributed by atoms with Crippen molar-refractivity contribution in [1.82, 2.24) is 5.32 Å². The van der Waals surface area contributed by atoms with Crippen LogP contribution in [0, 0.1) is 6.92 Å². The molecule has 1 aliphatic rings. The fraction of sp³-hybridized carbons (Fsp3) is 0.625. The van der Waals surface area contributed by atoms with Crippen molar-refractivity contribution in [3.05, 3.63) is 29.3 Å². The molecule has 2 rings (SSSR count). The van der Waals surface area contributed by atoms with Crippen LogP contribution in [0.3, 0.4) is 0 Å². The molecule has 1 aliphatic heterocycles. The Hall–Kier alpha value is -1.06. The molecular formula is C16H26N2O. The van der Waals surface area contributed by atoms with Crippen LogP contribution in [0.2, 0.25) is 0 Å². The van der Waals surface area contributed by atoms with Crippen molar-refractivity contribution in [3.63, 3.8) is 0 Å². The molecule has 0 aliphatic carbocycles. The maximum Gasteiger partial charge on any atom is 0.0670 e. The molecule has 1 unspecified atom stereocenters. The van der Waals surface area contributed by atoms with Gasteiger partial charge >= 0.3 is 0 Å². The van der Waals surface area contributed by atoms with Crippen LogP contribution in [-0.4, -0.2) is 32.3 Å². The predicted molar refractivity (Wildman–Crippen MR) is 80.8 cm³/mol. The summed E-state index contributed by atoms with van der Waals surface area (Å²) in [5, 5.41) is 3.46. The normalized spacial score (nSPS) is 19.1. The Labute approximate surface area is 116 Å². The van der Waals surface area contributed by atoms with Gasteiger partial charge in [0.15, 0.2) is 0 Å². The van der Waals surface area contributed by atoms with Gasteiger partial charge in [0.1, 0.15) is 0 Å². The summed E-state index contributed by atoms with van der Waals surface area (Å²) in [4.78, 5) is 2.36. The first-order valence-corrected chi connectivity index (χ1v) is 7.21. The van der Waals surface area contributed by atoms with Gasteiger partial charge in [-0.25, -0.2) is 0 Å². The van der Waals surface area contributed by atoms with Crippen LogP contribution in [0.1, 0.15) is 31.4 Å². The van der Waals surface area contributed by atoms with Gasteiger partial charge in [0.25, 0.3) is 0 Å². The molecular weight excluding hydrogens is 236 g/mol. The minimum Gasteiger partial charge on any atom is -0.379 e. The van der Waals surface area contributed by atoms with Gasteiger partial charge in [-0.05, 0) is 30.5 Å². The molecule has 106 valence electrons. The molecule has 3 nitrogen and oxygen atoms in total. The summed E-state index contributed by atoms with van der Waals surface area (Å²) in [5.74, 6) is 0. The van der Waals surface area contributed by atoms with Gasteiger partial charge in [0, 0.05) is 31.9 Å². The minimum atomic E-state index is 0.526. The van der Waals surface area contributed by atoms with E-state index in [4.69, 9.17) is 4.74 Å². The lowest BCUT2D eigenvalue weighted by atomic mass is 10.1. The van der Waals surface area contributed by atoms with E-state index in [1.807, 2.05) is 0 Å². The lowest BCUT2D eigenvalue weighted by molar-refractivity contribution is 0.193. The lowest BCUT2D eigenvalue weighted by Gasteiger charge is -2.27. The maximum atomic E-state index is 5.48. The van der Waals surface area contributed by atoms with Gasteiger partial charge in [-0.3, -0.25) is 0 Å². The summed E-state index contributed by atoms with van der Waals surface area (Å²) < 4.78 is 5.48. The number of anilines is 1. The highest BCUT2D eigenvalue weighted by molar-refractivity contribution is 5.54. The van der Waals surface area contributed by atoms with Gasteiger partial charge in [-0.2, -0.15) is 0 Å². The van der Waals surface area contributed by atoms with E-state index in [2.05, 4.69) is 56.2 Å². The third-order valence-electron chi connectivity index (χ3n) is 3.81. The first-order chi connectivity index (χ1) is 9.08. The van der Waals surface area contributed by atoms with Crippen molar-refractivity contribution >= 4 is 5.69 Å². The summed E-state index contributed by atoms with van der Waals surface area (Å²) in [6.45, 7) is 9.23. The molecule has 0 radical (unpaired) electrons. The van der Waals surface area contributed by atoms with Gasteiger partial charge in [-0.15, -0.1) is 0 Å². The standard InChI is InChI=1S/C16H26N2O/c1-12(2)17-10-14-5-6-16(13(3)9-14)18(4)15-7-8-19-11-15/h5-6,9,12,15,17H,7-8,10-11H2,1-4H3. The van der Waals surface area contributed by atoms with Crippen molar-refractivity contribution in [3.8, 4) is 0 Å². The largest absolute Gasteiger partial charge is 0.379 e. The Balaban J connectivity index is 2.05. The molecule has 1 N–H and O–H groups in total. The van der Waals surface area contributed by atoms with Gasteiger partial charge in [0.2, 0.25) is 0 Å². The van der Waals surface area contributed by atoms with Gasteiger partial charge in [-0.1, -0.05) is 26.0 Å². The smallest absolute Gasteiger partial charge is 0.0670 e. The minimum absolute atomic E-state index is 0.526. The Kier molecular flexibility index (Phi) is 4.83. The maximum absolute atomic E-state index is 5.48. The summed E-state index contributed by atoms with van der Waals surface area (Å²) in [5.41, 5.74) is 4.02. The molecule has 0 amide bonds. The van der Waals surface area contributed by atoms with Crippen molar-refractivity contribution in [2.24, 2.45) is 0 Å². The second-order valence-electron chi connectivity index (χ2n) is 5.78. The van der Waals surface area contributed by atoms with E-state index in [1.54, 1.807) is 0 Å². The van der Waals surface area contributed by atoms with Crippen LogP contribution < -0.4 is 10.2 Å². The molecule has 3 heteroatoms. The summed E-state index contributed by atoms with van der Waals surface area (Å²) >= 11 is 0. The first-order valence-electron chi connectivity index (χ1n) is 7.21. The third-order valence-corrected chi connectivity index (χ3v) is 3.81. The molecule has 1 saturated heterocycles. The number of benzene rings is 1. The summed E-state index contributed by atoms with van der Waals surface area (Å²) in [6, 6.07) is 7.81. The van der Waals surface area contributed by atoms with E-state index in [9.17, 15) is 0 Å². The average molecular weight is 262 g/mol. The number of rotatable bonds is 5. The first kappa shape index (κ1) is 14.4. The average Bonchev–Trinajstić information content (AvgIpc) is 2.89. The fourth-order valence-corrected chi connectivity index (χ4v) is 2.57. The van der Waals surface area contributed by atoms with Crippen LogP contribution in [-0.2, 0) is 11.3 Å². The van der Waals surface area contributed by atoms with Crippen LogP contribution in [0.5, 0.6) is 0 Å². The van der Waals surface area contributed by atoms with Crippen molar-refractivity contribution < 1.29 is 4.74 Å². The molecule has 19 heavy (non-hydrogen) atoms. The molecule has 0 saturated carbocycles. The topological polar surface area (TPSA) is 24.5 Å². The number of hydrogen-bond acceptors (Lipinski definition) is 3. The second kappa shape index (κ2) is 6.40. The number of hydrogen-bond donors (Lipinski definition) is 1. The second-order valence-corrected chi connectivity index (χ2v) is 5.78. The van der Waals surface area contributed by atoms with Crippen molar-refractivity contribution in [2.45, 2.75) is 45.8 Å². The van der Waals surface area contributed by atoms with E-state index < -0.39 is 0 Å². The quantitative estimate of drug-likeness (QED) is 0.883.